The average molecular weight is 515 g/mol. The highest BCUT2D eigenvalue weighted by Gasteiger charge is 2.31. The summed E-state index contributed by atoms with van der Waals surface area (Å²) >= 11 is 12.1. The summed E-state index contributed by atoms with van der Waals surface area (Å²) < 4.78 is 33.9. The van der Waals surface area contributed by atoms with E-state index < -0.39 is 16.1 Å². The Morgan fingerprint density at radius 2 is 1.76 bits per heavy atom. The zero-order valence-corrected chi connectivity index (χ0v) is 20.7. The van der Waals surface area contributed by atoms with Gasteiger partial charge in [-0.2, -0.15) is 0 Å². The first kappa shape index (κ1) is 25.6. The van der Waals surface area contributed by atoms with Crippen LogP contribution in [-0.4, -0.2) is 50.3 Å². The Bertz CT molecular complexity index is 1060. The summed E-state index contributed by atoms with van der Waals surface area (Å²) in [5, 5.41) is 10.6. The molecule has 1 fully saturated rings. The average Bonchev–Trinajstić information content (AvgIpc) is 3.32. The molecule has 1 aliphatic rings. The highest BCUT2D eigenvalue weighted by atomic mass is 35.5. The van der Waals surface area contributed by atoms with Crippen molar-refractivity contribution in [3.05, 3.63) is 58.1 Å². The van der Waals surface area contributed by atoms with Gasteiger partial charge in [0, 0.05) is 34.7 Å². The molecule has 2 aromatic rings. The first-order valence-corrected chi connectivity index (χ1v) is 13.0. The third-order valence-corrected chi connectivity index (χ3v) is 8.01. The molecule has 1 amide bonds. The molecule has 10 heteroatoms. The van der Waals surface area contributed by atoms with Gasteiger partial charge in [0.15, 0.2) is 0 Å². The van der Waals surface area contributed by atoms with Crippen molar-refractivity contribution in [1.82, 2.24) is 4.90 Å². The molecule has 1 aliphatic heterocycles. The minimum Gasteiger partial charge on any atom is -0.449 e. The molecule has 7 nitrogen and oxygen atoms in total. The van der Waals surface area contributed by atoms with Gasteiger partial charge in [0.25, 0.3) is 10.0 Å². The second-order valence-electron chi connectivity index (χ2n) is 7.99. The van der Waals surface area contributed by atoms with Crippen LogP contribution in [0.5, 0.6) is 0 Å². The monoisotopic (exact) mass is 514 g/mol. The predicted molar refractivity (Wildman–Crippen MR) is 129 cm³/mol. The molecule has 1 saturated heterocycles. The number of sulfonamides is 1. The lowest BCUT2D eigenvalue weighted by molar-refractivity contribution is 0.108. The van der Waals surface area contributed by atoms with Crippen molar-refractivity contribution in [3.8, 4) is 0 Å². The van der Waals surface area contributed by atoms with Crippen molar-refractivity contribution < 1.29 is 23.1 Å². The van der Waals surface area contributed by atoms with Gasteiger partial charge in [0.1, 0.15) is 0 Å². The number of benzene rings is 2. The smallest absolute Gasteiger partial charge is 0.409 e. The fourth-order valence-corrected chi connectivity index (χ4v) is 5.85. The predicted octanol–water partition coefficient (Wildman–Crippen LogP) is 5.08. The van der Waals surface area contributed by atoms with E-state index in [-0.39, 0.29) is 24.2 Å². The fraction of sp³-hybridized carbons (Fsp3) is 0.435. The number of rotatable bonds is 9. The summed E-state index contributed by atoms with van der Waals surface area (Å²) in [4.78, 5) is 13.8. The normalized spacial score (nSPS) is 14.8. The topological polar surface area (TPSA) is 87.2 Å². The maximum Gasteiger partial charge on any atom is 0.409 e. The summed E-state index contributed by atoms with van der Waals surface area (Å²) in [6.45, 7) is 3.04. The minimum absolute atomic E-state index is 0.0723. The van der Waals surface area contributed by atoms with Gasteiger partial charge in [0.05, 0.1) is 23.8 Å². The van der Waals surface area contributed by atoms with E-state index in [4.69, 9.17) is 27.9 Å². The number of amides is 1. The summed E-state index contributed by atoms with van der Waals surface area (Å²) in [7, 11) is -4.00. The Kier molecular flexibility index (Phi) is 8.87. The number of carbonyl (C=O) groups is 1. The molecule has 1 N–H and O–H groups in total. The molecule has 2 aromatic carbocycles. The number of carbonyl (C=O) groups excluding carboxylic acids is 1. The molecule has 0 spiro atoms. The summed E-state index contributed by atoms with van der Waals surface area (Å²) in [5.41, 5.74) is 0.741. The van der Waals surface area contributed by atoms with E-state index in [1.165, 1.54) is 34.6 Å². The van der Waals surface area contributed by atoms with E-state index in [2.05, 4.69) is 0 Å². The van der Waals surface area contributed by atoms with Crippen LogP contribution in [0.25, 0.3) is 0 Å². The number of ether oxygens (including phenoxy) is 1. The van der Waals surface area contributed by atoms with Crippen molar-refractivity contribution in [3.63, 3.8) is 0 Å². The first-order valence-electron chi connectivity index (χ1n) is 10.8. The van der Waals surface area contributed by atoms with Gasteiger partial charge < -0.3 is 14.7 Å². The van der Waals surface area contributed by atoms with E-state index in [9.17, 15) is 18.3 Å². The summed E-state index contributed by atoms with van der Waals surface area (Å²) in [5.74, 6) is 0. The van der Waals surface area contributed by atoms with Crippen LogP contribution < -0.4 is 4.31 Å². The molecule has 3 rings (SSSR count). The molecular weight excluding hydrogens is 487 g/mol. The van der Waals surface area contributed by atoms with Crippen LogP contribution in [0, 0.1) is 0 Å². The van der Waals surface area contributed by atoms with E-state index >= 15 is 0 Å². The molecular formula is C23H28Cl2N2O5S. The highest BCUT2D eigenvalue weighted by Crippen LogP contribution is 2.33. The highest BCUT2D eigenvalue weighted by molar-refractivity contribution is 7.92. The van der Waals surface area contributed by atoms with Gasteiger partial charge in [-0.1, -0.05) is 29.3 Å². The van der Waals surface area contributed by atoms with Crippen molar-refractivity contribution in [2.24, 2.45) is 0 Å². The van der Waals surface area contributed by atoms with Gasteiger partial charge in [-0.15, -0.1) is 0 Å². The maximum atomic E-state index is 13.6. The zero-order chi connectivity index (χ0) is 24.0. The van der Waals surface area contributed by atoms with Crippen molar-refractivity contribution >= 4 is 45.0 Å². The second kappa shape index (κ2) is 11.4. The molecule has 1 heterocycles. The van der Waals surface area contributed by atoms with Crippen molar-refractivity contribution in [2.45, 2.75) is 50.2 Å². The van der Waals surface area contributed by atoms with Gasteiger partial charge in [-0.3, -0.25) is 4.31 Å². The molecule has 33 heavy (non-hydrogen) atoms. The Balaban J connectivity index is 1.81. The maximum absolute atomic E-state index is 13.6. The molecule has 0 aliphatic carbocycles. The number of hydrogen-bond donors (Lipinski definition) is 1. The lowest BCUT2D eigenvalue weighted by atomic mass is 10.1. The van der Waals surface area contributed by atoms with Gasteiger partial charge in [-0.05, 0) is 69.0 Å². The number of likely N-dealkylation sites (tertiary alicyclic amines) is 1. The van der Waals surface area contributed by atoms with Gasteiger partial charge in [0.2, 0.25) is 0 Å². The number of aliphatic hydroxyl groups excluding tert-OH is 1. The molecule has 0 saturated carbocycles. The standard InChI is InChI=1S/C23H28Cl2N2O5S/c1-17(5-4-14-32-23(29)26-12-2-3-13-26)27(22-15-20(25)7-6-18(22)16-28)33(30,31)21-10-8-19(24)9-11-21/h6-11,15,17,28H,2-5,12-14,16H2,1H3/t17-/m0/s1. The first-order chi connectivity index (χ1) is 15.7. The number of halogens is 2. The van der Waals surface area contributed by atoms with E-state index in [1.54, 1.807) is 24.0 Å². The molecule has 180 valence electrons. The van der Waals surface area contributed by atoms with E-state index in [0.717, 1.165) is 12.8 Å². The van der Waals surface area contributed by atoms with Crippen LogP contribution in [0.3, 0.4) is 0 Å². The Morgan fingerprint density at radius 1 is 1.12 bits per heavy atom. The molecule has 0 aromatic heterocycles. The quantitative estimate of drug-likeness (QED) is 0.471. The largest absolute Gasteiger partial charge is 0.449 e. The summed E-state index contributed by atoms with van der Waals surface area (Å²) in [6, 6.07) is 10.2. The van der Waals surface area contributed by atoms with Crippen LogP contribution >= 0.6 is 23.2 Å². The molecule has 0 unspecified atom stereocenters. The van der Waals surface area contributed by atoms with E-state index in [0.29, 0.717) is 47.2 Å². The minimum atomic E-state index is -4.00. The number of anilines is 1. The van der Waals surface area contributed by atoms with E-state index in [1.807, 2.05) is 0 Å². The molecule has 0 bridgehead atoms. The third-order valence-electron chi connectivity index (χ3n) is 5.58. The van der Waals surface area contributed by atoms with Crippen molar-refractivity contribution in [2.75, 3.05) is 24.0 Å². The van der Waals surface area contributed by atoms with Crippen LogP contribution in [0.1, 0.15) is 38.2 Å². The van der Waals surface area contributed by atoms with Crippen LogP contribution in [0.4, 0.5) is 10.5 Å². The SMILES string of the molecule is C[C@@H](CCCOC(=O)N1CCCC1)N(c1cc(Cl)ccc1CO)S(=O)(=O)c1ccc(Cl)cc1. The molecule has 0 radical (unpaired) electrons. The van der Waals surface area contributed by atoms with Crippen LogP contribution in [0.15, 0.2) is 47.4 Å². The number of nitrogens with zero attached hydrogens (tertiary/aromatic N) is 2. The van der Waals surface area contributed by atoms with Crippen molar-refractivity contribution in [1.29, 1.82) is 0 Å². The van der Waals surface area contributed by atoms with Crippen LogP contribution in [-0.2, 0) is 21.4 Å². The second-order valence-corrected chi connectivity index (χ2v) is 10.7. The Morgan fingerprint density at radius 3 is 2.39 bits per heavy atom. The van der Waals surface area contributed by atoms with Gasteiger partial charge in [-0.25, -0.2) is 13.2 Å². The summed E-state index contributed by atoms with van der Waals surface area (Å²) in [6.07, 6.45) is 2.54. The number of aliphatic hydroxyl groups is 1. The molecule has 1 atom stereocenters. The number of hydrogen-bond acceptors (Lipinski definition) is 5. The zero-order valence-electron chi connectivity index (χ0n) is 18.4. The Labute approximate surface area is 204 Å². The Hall–Kier alpha value is -2.00. The van der Waals surface area contributed by atoms with Gasteiger partial charge >= 0.3 is 6.09 Å². The third kappa shape index (κ3) is 6.32. The fourth-order valence-electron chi connectivity index (χ4n) is 3.85. The van der Waals surface area contributed by atoms with Crippen LogP contribution in [0.2, 0.25) is 10.0 Å². The lowest BCUT2D eigenvalue weighted by Gasteiger charge is -2.32. The lowest BCUT2D eigenvalue weighted by Crippen LogP contribution is -2.39.